The highest BCUT2D eigenvalue weighted by Crippen LogP contribution is 2.41. The van der Waals surface area contributed by atoms with Crippen LogP contribution >= 0.6 is 23.2 Å². The van der Waals surface area contributed by atoms with Gasteiger partial charge < -0.3 is 10.5 Å². The lowest BCUT2D eigenvalue weighted by atomic mass is 9.93. The second-order valence-electron chi connectivity index (χ2n) is 4.80. The van der Waals surface area contributed by atoms with E-state index in [-0.39, 0.29) is 11.9 Å². The van der Waals surface area contributed by atoms with Crippen LogP contribution in [0, 0.1) is 5.82 Å². The van der Waals surface area contributed by atoms with E-state index in [0.717, 1.165) is 5.56 Å². The third kappa shape index (κ3) is 2.49. The molecule has 0 aromatic heterocycles. The summed E-state index contributed by atoms with van der Waals surface area (Å²) in [6, 6.07) is 9.44. The van der Waals surface area contributed by atoms with E-state index in [1.165, 1.54) is 12.1 Å². The van der Waals surface area contributed by atoms with Crippen molar-refractivity contribution < 1.29 is 9.13 Å². The lowest BCUT2D eigenvalue weighted by molar-refractivity contribution is 0.157. The van der Waals surface area contributed by atoms with Crippen LogP contribution in [-0.4, -0.2) is 0 Å². The zero-order chi connectivity index (χ0) is 14.3. The van der Waals surface area contributed by atoms with Crippen molar-refractivity contribution in [1.82, 2.24) is 0 Å². The normalized spacial score (nSPS) is 21.2. The van der Waals surface area contributed by atoms with Crippen LogP contribution in [0.4, 0.5) is 4.39 Å². The van der Waals surface area contributed by atoms with Gasteiger partial charge in [0.05, 0.1) is 0 Å². The molecule has 1 aliphatic rings. The third-order valence-electron chi connectivity index (χ3n) is 3.41. The Morgan fingerprint density at radius 2 is 1.70 bits per heavy atom. The number of benzene rings is 2. The Kier molecular flexibility index (Phi) is 3.59. The van der Waals surface area contributed by atoms with E-state index < -0.39 is 6.10 Å². The predicted molar refractivity (Wildman–Crippen MR) is 77.8 cm³/mol. The van der Waals surface area contributed by atoms with Crippen molar-refractivity contribution in [3.63, 3.8) is 0 Å². The molecular weight excluding hydrogens is 300 g/mol. The van der Waals surface area contributed by atoms with Crippen LogP contribution < -0.4 is 10.5 Å². The van der Waals surface area contributed by atoms with Crippen LogP contribution in [0.2, 0.25) is 10.0 Å². The van der Waals surface area contributed by atoms with Gasteiger partial charge in [-0.1, -0.05) is 23.2 Å². The fourth-order valence-corrected chi connectivity index (χ4v) is 2.79. The molecule has 1 heterocycles. The number of nitrogens with two attached hydrogens (primary N) is 1. The van der Waals surface area contributed by atoms with E-state index in [4.69, 9.17) is 33.7 Å². The lowest BCUT2D eigenvalue weighted by Gasteiger charge is -2.31. The zero-order valence-corrected chi connectivity index (χ0v) is 12.0. The van der Waals surface area contributed by atoms with Crippen molar-refractivity contribution in [2.24, 2.45) is 5.73 Å². The van der Waals surface area contributed by atoms with Crippen molar-refractivity contribution in [3.05, 3.63) is 63.4 Å². The van der Waals surface area contributed by atoms with Crippen molar-refractivity contribution in [3.8, 4) is 5.75 Å². The van der Waals surface area contributed by atoms with E-state index in [9.17, 15) is 4.39 Å². The largest absolute Gasteiger partial charge is 0.485 e. The van der Waals surface area contributed by atoms with Crippen LogP contribution in [0.1, 0.15) is 29.7 Å². The number of fused-ring (bicyclic) bond motifs is 1. The van der Waals surface area contributed by atoms with Gasteiger partial charge in [0, 0.05) is 33.6 Å². The molecule has 0 saturated heterocycles. The minimum atomic E-state index is -0.447. The fraction of sp³-hybridized carbons (Fsp3) is 0.200. The summed E-state index contributed by atoms with van der Waals surface area (Å²) in [6.45, 7) is 0. The molecule has 2 atom stereocenters. The fourth-order valence-electron chi connectivity index (χ4n) is 2.43. The van der Waals surface area contributed by atoms with E-state index in [2.05, 4.69) is 0 Å². The molecule has 2 aromatic carbocycles. The highest BCUT2D eigenvalue weighted by Gasteiger charge is 2.29. The van der Waals surface area contributed by atoms with Gasteiger partial charge in [-0.2, -0.15) is 0 Å². The van der Waals surface area contributed by atoms with Gasteiger partial charge in [-0.05, 0) is 36.4 Å². The molecule has 1 unspecified atom stereocenters. The van der Waals surface area contributed by atoms with Crippen molar-refractivity contribution in [1.29, 1.82) is 0 Å². The molecule has 2 N–H and O–H groups in total. The van der Waals surface area contributed by atoms with Crippen molar-refractivity contribution >= 4 is 23.2 Å². The third-order valence-corrected chi connectivity index (χ3v) is 3.88. The summed E-state index contributed by atoms with van der Waals surface area (Å²) < 4.78 is 19.8. The lowest BCUT2D eigenvalue weighted by Crippen LogP contribution is -2.24. The first-order valence-electron chi connectivity index (χ1n) is 6.21. The molecule has 0 aliphatic carbocycles. The van der Waals surface area contributed by atoms with Crippen molar-refractivity contribution in [2.45, 2.75) is 18.6 Å². The molecule has 2 aromatic rings. The molecule has 0 spiro atoms. The summed E-state index contributed by atoms with van der Waals surface area (Å²) in [5, 5.41) is 1.08. The topological polar surface area (TPSA) is 35.2 Å². The van der Waals surface area contributed by atoms with Gasteiger partial charge in [-0.15, -0.1) is 0 Å². The number of rotatable bonds is 1. The average Bonchev–Trinajstić information content (AvgIpc) is 2.42. The van der Waals surface area contributed by atoms with E-state index in [1.54, 1.807) is 24.3 Å². The van der Waals surface area contributed by atoms with E-state index in [1.807, 2.05) is 0 Å². The Hall–Kier alpha value is -1.29. The zero-order valence-electron chi connectivity index (χ0n) is 10.4. The highest BCUT2D eigenvalue weighted by molar-refractivity contribution is 6.31. The number of hydrogen-bond acceptors (Lipinski definition) is 2. The van der Waals surface area contributed by atoms with E-state index in [0.29, 0.717) is 27.8 Å². The van der Waals surface area contributed by atoms with Crippen LogP contribution in [0.3, 0.4) is 0 Å². The van der Waals surface area contributed by atoms with E-state index >= 15 is 0 Å². The smallest absolute Gasteiger partial charge is 0.130 e. The minimum absolute atomic E-state index is 0.249. The maximum Gasteiger partial charge on any atom is 0.130 e. The molecule has 104 valence electrons. The maximum absolute atomic E-state index is 13.9. The monoisotopic (exact) mass is 311 g/mol. The van der Waals surface area contributed by atoms with Crippen LogP contribution in [0.25, 0.3) is 0 Å². The molecule has 20 heavy (non-hydrogen) atoms. The Balaban J connectivity index is 1.99. The first-order valence-corrected chi connectivity index (χ1v) is 6.97. The Labute approximate surface area is 126 Å². The first-order chi connectivity index (χ1) is 9.54. The Morgan fingerprint density at radius 3 is 2.45 bits per heavy atom. The summed E-state index contributed by atoms with van der Waals surface area (Å²) >= 11 is 11.9. The van der Waals surface area contributed by atoms with Crippen LogP contribution in [0.5, 0.6) is 5.75 Å². The number of hydrogen-bond donors (Lipinski definition) is 1. The molecular formula is C15H12Cl2FNO. The second-order valence-corrected chi connectivity index (χ2v) is 5.67. The summed E-state index contributed by atoms with van der Waals surface area (Å²) in [5.41, 5.74) is 7.41. The van der Waals surface area contributed by atoms with Crippen molar-refractivity contribution in [2.75, 3.05) is 0 Å². The minimum Gasteiger partial charge on any atom is -0.485 e. The average molecular weight is 312 g/mol. The SMILES string of the molecule is N[C@H]1CC(c2cc(Cl)ccc2F)Oc2ccc(Cl)cc21. The quantitative estimate of drug-likeness (QED) is 0.831. The van der Waals surface area contributed by atoms with Gasteiger partial charge >= 0.3 is 0 Å². The first kappa shape index (κ1) is 13.7. The summed E-state index contributed by atoms with van der Waals surface area (Å²) in [5.74, 6) is 0.293. The highest BCUT2D eigenvalue weighted by atomic mass is 35.5. The molecule has 0 saturated carbocycles. The number of halogens is 3. The summed E-state index contributed by atoms with van der Waals surface area (Å²) in [7, 11) is 0. The molecule has 0 fully saturated rings. The second kappa shape index (κ2) is 5.24. The van der Waals surface area contributed by atoms with Crippen LogP contribution in [-0.2, 0) is 0 Å². The Morgan fingerprint density at radius 1 is 1.05 bits per heavy atom. The van der Waals surface area contributed by atoms with Crippen LogP contribution in [0.15, 0.2) is 36.4 Å². The molecule has 1 aliphatic heterocycles. The summed E-state index contributed by atoms with van der Waals surface area (Å²) in [6.07, 6.45) is 0.0299. The van der Waals surface area contributed by atoms with Gasteiger partial charge in [0.2, 0.25) is 0 Å². The van der Waals surface area contributed by atoms with Gasteiger partial charge in [0.25, 0.3) is 0 Å². The van der Waals surface area contributed by atoms with Gasteiger partial charge in [-0.25, -0.2) is 4.39 Å². The molecule has 2 nitrogen and oxygen atoms in total. The molecule has 0 radical (unpaired) electrons. The number of ether oxygens (including phenoxy) is 1. The van der Waals surface area contributed by atoms with Gasteiger partial charge in [0.1, 0.15) is 17.7 Å². The molecule has 0 amide bonds. The maximum atomic E-state index is 13.9. The molecule has 3 rings (SSSR count). The molecule has 0 bridgehead atoms. The van der Waals surface area contributed by atoms with Gasteiger partial charge in [0.15, 0.2) is 0 Å². The molecule has 5 heteroatoms. The van der Waals surface area contributed by atoms with Gasteiger partial charge in [-0.3, -0.25) is 0 Å². The Bertz CT molecular complexity index is 662. The standard InChI is InChI=1S/C15H12Cl2FNO/c16-8-1-3-12(18)10(5-8)15-7-13(19)11-6-9(17)2-4-14(11)20-15/h1-6,13,15H,7,19H2/t13-,15?/m0/s1. The summed E-state index contributed by atoms with van der Waals surface area (Å²) in [4.78, 5) is 0. The predicted octanol–water partition coefficient (Wildman–Crippen LogP) is 4.66.